The van der Waals surface area contributed by atoms with Gasteiger partial charge in [0.2, 0.25) is 0 Å². The van der Waals surface area contributed by atoms with Gasteiger partial charge in [-0.15, -0.1) is 0 Å². The van der Waals surface area contributed by atoms with E-state index in [1.54, 1.807) is 26.0 Å². The molecule has 1 atom stereocenters. The standard InChI is InChI=1S/C23H28O5/c1-22(2)13-18(24)17-12-19(27-14-15-8-6-5-7-9-15)16(10-20(17)28-22)11-21(25)23(3,4)26/h5-10,12,21,25-26H,11,13-14H2,1-4H3/t21-/m1/s1. The van der Waals surface area contributed by atoms with Crippen LogP contribution in [0.3, 0.4) is 0 Å². The number of benzene rings is 2. The lowest BCUT2D eigenvalue weighted by molar-refractivity contribution is -0.0472. The Morgan fingerprint density at radius 3 is 2.54 bits per heavy atom. The fraction of sp³-hybridized carbons (Fsp3) is 0.435. The molecule has 5 heteroatoms. The predicted octanol–water partition coefficient (Wildman–Crippen LogP) is 3.68. The quantitative estimate of drug-likeness (QED) is 0.795. The number of carbonyl (C=O) groups is 1. The molecule has 0 aliphatic carbocycles. The second-order valence-corrected chi connectivity index (χ2v) is 8.57. The van der Waals surface area contributed by atoms with Gasteiger partial charge in [-0.05, 0) is 45.4 Å². The summed E-state index contributed by atoms with van der Waals surface area (Å²) in [7, 11) is 0. The normalized spacial score (nSPS) is 16.9. The van der Waals surface area contributed by atoms with Crippen molar-refractivity contribution in [1.82, 2.24) is 0 Å². The fourth-order valence-electron chi connectivity index (χ4n) is 3.21. The number of aliphatic hydroxyl groups is 2. The third kappa shape index (κ3) is 4.72. The summed E-state index contributed by atoms with van der Waals surface area (Å²) < 4.78 is 12.0. The first-order valence-electron chi connectivity index (χ1n) is 9.51. The summed E-state index contributed by atoms with van der Waals surface area (Å²) in [5.41, 5.74) is 0.335. The average Bonchev–Trinajstić information content (AvgIpc) is 2.59. The van der Waals surface area contributed by atoms with Crippen LogP contribution >= 0.6 is 0 Å². The molecule has 0 saturated carbocycles. The highest BCUT2D eigenvalue weighted by Gasteiger charge is 2.34. The Labute approximate surface area is 165 Å². The molecule has 1 heterocycles. The van der Waals surface area contributed by atoms with Crippen molar-refractivity contribution in [2.45, 2.75) is 64.4 Å². The molecule has 0 spiro atoms. The largest absolute Gasteiger partial charge is 0.489 e. The summed E-state index contributed by atoms with van der Waals surface area (Å²) in [5, 5.41) is 20.5. The van der Waals surface area contributed by atoms with E-state index in [0.717, 1.165) is 5.56 Å². The molecular weight excluding hydrogens is 356 g/mol. The zero-order valence-corrected chi connectivity index (χ0v) is 16.9. The minimum Gasteiger partial charge on any atom is -0.489 e. The highest BCUT2D eigenvalue weighted by atomic mass is 16.5. The predicted molar refractivity (Wildman–Crippen MR) is 107 cm³/mol. The molecule has 150 valence electrons. The number of Topliss-reactive ketones (excluding diaryl/α,β-unsaturated/α-hetero) is 1. The Kier molecular flexibility index (Phi) is 5.50. The number of aliphatic hydroxyl groups excluding tert-OH is 1. The first-order chi connectivity index (χ1) is 13.0. The van der Waals surface area contributed by atoms with Crippen molar-refractivity contribution in [3.63, 3.8) is 0 Å². The molecule has 28 heavy (non-hydrogen) atoms. The third-order valence-electron chi connectivity index (χ3n) is 4.90. The van der Waals surface area contributed by atoms with Gasteiger partial charge in [-0.1, -0.05) is 30.3 Å². The van der Waals surface area contributed by atoms with Crippen molar-refractivity contribution < 1.29 is 24.5 Å². The highest BCUT2D eigenvalue weighted by Crippen LogP contribution is 2.38. The molecule has 1 aliphatic rings. The number of ketones is 1. The van der Waals surface area contributed by atoms with Gasteiger partial charge in [0.25, 0.3) is 0 Å². The second-order valence-electron chi connectivity index (χ2n) is 8.57. The van der Waals surface area contributed by atoms with Crippen molar-refractivity contribution in [1.29, 1.82) is 0 Å². The summed E-state index contributed by atoms with van der Waals surface area (Å²) >= 11 is 0. The average molecular weight is 384 g/mol. The molecule has 5 nitrogen and oxygen atoms in total. The lowest BCUT2D eigenvalue weighted by atomic mass is 9.90. The maximum absolute atomic E-state index is 12.6. The van der Waals surface area contributed by atoms with E-state index in [1.807, 2.05) is 44.2 Å². The van der Waals surface area contributed by atoms with Gasteiger partial charge in [0.05, 0.1) is 23.7 Å². The van der Waals surface area contributed by atoms with E-state index >= 15 is 0 Å². The zero-order valence-electron chi connectivity index (χ0n) is 16.9. The number of rotatable bonds is 6. The summed E-state index contributed by atoms with van der Waals surface area (Å²) in [6.45, 7) is 7.21. The van der Waals surface area contributed by atoms with Crippen LogP contribution in [0.5, 0.6) is 11.5 Å². The van der Waals surface area contributed by atoms with E-state index in [9.17, 15) is 15.0 Å². The Morgan fingerprint density at radius 2 is 1.89 bits per heavy atom. The van der Waals surface area contributed by atoms with Crippen LogP contribution in [0.4, 0.5) is 0 Å². The van der Waals surface area contributed by atoms with Crippen LogP contribution in [0.2, 0.25) is 0 Å². The van der Waals surface area contributed by atoms with E-state index in [2.05, 4.69) is 0 Å². The molecule has 0 saturated heterocycles. The van der Waals surface area contributed by atoms with Crippen LogP contribution in [-0.2, 0) is 13.0 Å². The minimum absolute atomic E-state index is 0.00500. The number of hydrogen-bond acceptors (Lipinski definition) is 5. The first kappa shape index (κ1) is 20.4. The van der Waals surface area contributed by atoms with Gasteiger partial charge >= 0.3 is 0 Å². The van der Waals surface area contributed by atoms with Crippen LogP contribution in [0.25, 0.3) is 0 Å². The second kappa shape index (κ2) is 7.57. The van der Waals surface area contributed by atoms with Crippen LogP contribution < -0.4 is 9.47 Å². The van der Waals surface area contributed by atoms with Gasteiger partial charge in [0.15, 0.2) is 5.78 Å². The maximum atomic E-state index is 12.6. The number of fused-ring (bicyclic) bond motifs is 1. The van der Waals surface area contributed by atoms with Crippen molar-refractivity contribution in [2.24, 2.45) is 0 Å². The van der Waals surface area contributed by atoms with Gasteiger partial charge in [-0.25, -0.2) is 0 Å². The molecule has 2 aromatic rings. The smallest absolute Gasteiger partial charge is 0.170 e. The van der Waals surface area contributed by atoms with Gasteiger partial charge in [-0.2, -0.15) is 0 Å². The van der Waals surface area contributed by atoms with Gasteiger partial charge in [0.1, 0.15) is 23.7 Å². The Morgan fingerprint density at radius 1 is 1.21 bits per heavy atom. The number of ether oxygens (including phenoxy) is 2. The topological polar surface area (TPSA) is 76.0 Å². The molecule has 0 fully saturated rings. The van der Waals surface area contributed by atoms with Gasteiger partial charge < -0.3 is 19.7 Å². The molecule has 3 rings (SSSR count). The van der Waals surface area contributed by atoms with E-state index < -0.39 is 17.3 Å². The Bertz CT molecular complexity index is 849. The lowest BCUT2D eigenvalue weighted by Gasteiger charge is -2.33. The van der Waals surface area contributed by atoms with Gasteiger partial charge in [-0.3, -0.25) is 4.79 Å². The summed E-state index contributed by atoms with van der Waals surface area (Å²) in [6.07, 6.45) is -0.514. The number of hydrogen-bond donors (Lipinski definition) is 2. The molecule has 0 bridgehead atoms. The van der Waals surface area contributed by atoms with Crippen molar-refractivity contribution >= 4 is 5.78 Å². The molecule has 0 unspecified atom stereocenters. The van der Waals surface area contributed by atoms with Crippen LogP contribution in [-0.4, -0.2) is 33.3 Å². The van der Waals surface area contributed by atoms with Gasteiger partial charge in [0, 0.05) is 12.0 Å². The third-order valence-corrected chi connectivity index (χ3v) is 4.90. The summed E-state index contributed by atoms with van der Waals surface area (Å²) in [5.74, 6) is 1.01. The molecule has 1 aliphatic heterocycles. The van der Waals surface area contributed by atoms with E-state index in [-0.39, 0.29) is 12.2 Å². The molecule has 2 N–H and O–H groups in total. The first-order valence-corrected chi connectivity index (χ1v) is 9.51. The molecular formula is C23H28O5. The van der Waals surface area contributed by atoms with Crippen molar-refractivity contribution in [3.8, 4) is 11.5 Å². The summed E-state index contributed by atoms with van der Waals surface area (Å²) in [6, 6.07) is 13.2. The van der Waals surface area contributed by atoms with Crippen LogP contribution in [0, 0.1) is 0 Å². The molecule has 0 amide bonds. The van der Waals surface area contributed by atoms with E-state index in [0.29, 0.717) is 35.7 Å². The number of carbonyl (C=O) groups excluding carboxylic acids is 1. The zero-order chi connectivity index (χ0) is 20.5. The molecule has 0 radical (unpaired) electrons. The summed E-state index contributed by atoms with van der Waals surface area (Å²) in [4.78, 5) is 12.6. The maximum Gasteiger partial charge on any atom is 0.170 e. The lowest BCUT2D eigenvalue weighted by Crippen LogP contribution is -2.38. The van der Waals surface area contributed by atoms with Crippen molar-refractivity contribution in [2.75, 3.05) is 0 Å². The highest BCUT2D eigenvalue weighted by molar-refractivity contribution is 6.00. The van der Waals surface area contributed by atoms with Crippen LogP contribution in [0.15, 0.2) is 42.5 Å². The van der Waals surface area contributed by atoms with Crippen LogP contribution in [0.1, 0.15) is 55.6 Å². The van der Waals surface area contributed by atoms with E-state index in [4.69, 9.17) is 9.47 Å². The Hall–Kier alpha value is -2.37. The van der Waals surface area contributed by atoms with E-state index in [1.165, 1.54) is 0 Å². The monoisotopic (exact) mass is 384 g/mol. The SMILES string of the molecule is CC1(C)CC(=O)c2cc(OCc3ccccc3)c(C[C@@H](O)C(C)(C)O)cc2O1. The fourth-order valence-corrected chi connectivity index (χ4v) is 3.21. The minimum atomic E-state index is -1.26. The Balaban J connectivity index is 1.95. The molecule has 2 aromatic carbocycles. The van der Waals surface area contributed by atoms with Crippen molar-refractivity contribution in [3.05, 3.63) is 59.2 Å². The molecule has 0 aromatic heterocycles.